The molecule has 1 aromatic carbocycles. The minimum absolute atomic E-state index is 0.375. The Morgan fingerprint density at radius 1 is 1.14 bits per heavy atom. The van der Waals surface area contributed by atoms with E-state index in [4.69, 9.17) is 11.6 Å². The topological polar surface area (TPSA) is 63.2 Å². The number of amides is 1. The molecule has 0 saturated carbocycles. The fraction of sp³-hybridized carbons (Fsp3) is 0.188. The SMILES string of the molecule is CCc1ccccc1NC(=O)C(=O)CC(=O)c1ccc(Cl)s1. The highest BCUT2D eigenvalue weighted by atomic mass is 35.5. The molecule has 2 aromatic rings. The summed E-state index contributed by atoms with van der Waals surface area (Å²) in [7, 11) is 0. The zero-order valence-electron chi connectivity index (χ0n) is 11.9. The standard InChI is InChI=1S/C16H14ClNO3S/c1-2-10-5-3-4-6-11(10)18-16(21)13(20)9-12(19)14-7-8-15(17)22-14/h3-8H,2,9H2,1H3,(H,18,21). The monoisotopic (exact) mass is 335 g/mol. The van der Waals surface area contributed by atoms with Crippen LogP contribution in [-0.2, 0) is 16.0 Å². The number of nitrogens with one attached hydrogen (secondary N) is 1. The maximum absolute atomic E-state index is 11.9. The number of benzene rings is 1. The van der Waals surface area contributed by atoms with E-state index in [9.17, 15) is 14.4 Å². The maximum Gasteiger partial charge on any atom is 0.292 e. The normalized spacial score (nSPS) is 10.3. The van der Waals surface area contributed by atoms with Crippen LogP contribution in [0.5, 0.6) is 0 Å². The van der Waals surface area contributed by atoms with Crippen molar-refractivity contribution in [3.63, 3.8) is 0 Å². The predicted molar refractivity (Wildman–Crippen MR) is 87.7 cm³/mol. The van der Waals surface area contributed by atoms with Crippen molar-refractivity contribution in [2.75, 3.05) is 5.32 Å². The number of carbonyl (C=O) groups excluding carboxylic acids is 3. The maximum atomic E-state index is 11.9. The molecule has 1 aromatic heterocycles. The van der Waals surface area contributed by atoms with Crippen LogP contribution in [0.25, 0.3) is 0 Å². The van der Waals surface area contributed by atoms with Crippen LogP contribution in [0.4, 0.5) is 5.69 Å². The summed E-state index contributed by atoms with van der Waals surface area (Å²) in [6, 6.07) is 10.4. The highest BCUT2D eigenvalue weighted by molar-refractivity contribution is 7.18. The number of halogens is 1. The fourth-order valence-electron chi connectivity index (χ4n) is 1.92. The van der Waals surface area contributed by atoms with Crippen molar-refractivity contribution >= 4 is 46.1 Å². The largest absolute Gasteiger partial charge is 0.319 e. The second-order valence-corrected chi connectivity index (χ2v) is 6.31. The lowest BCUT2D eigenvalue weighted by Crippen LogP contribution is -2.25. The first-order valence-electron chi connectivity index (χ1n) is 6.72. The third kappa shape index (κ3) is 4.02. The number of thiophene rings is 1. The molecule has 1 amide bonds. The molecule has 2 rings (SSSR count). The number of hydrogen-bond acceptors (Lipinski definition) is 4. The molecule has 0 fully saturated rings. The first kappa shape index (κ1) is 16.4. The van der Waals surface area contributed by atoms with Crippen molar-refractivity contribution in [3.05, 3.63) is 51.2 Å². The van der Waals surface area contributed by atoms with E-state index >= 15 is 0 Å². The van der Waals surface area contributed by atoms with Gasteiger partial charge in [-0.25, -0.2) is 0 Å². The quantitative estimate of drug-likeness (QED) is 0.497. The average Bonchev–Trinajstić information content (AvgIpc) is 2.94. The van der Waals surface area contributed by atoms with Gasteiger partial charge in [-0.3, -0.25) is 14.4 Å². The predicted octanol–water partition coefficient (Wildman–Crippen LogP) is 3.74. The molecule has 0 saturated heterocycles. The number of ketones is 2. The van der Waals surface area contributed by atoms with Crippen molar-refractivity contribution in [3.8, 4) is 0 Å². The van der Waals surface area contributed by atoms with Gasteiger partial charge in [-0.1, -0.05) is 36.7 Å². The van der Waals surface area contributed by atoms with Crippen molar-refractivity contribution in [1.29, 1.82) is 0 Å². The van der Waals surface area contributed by atoms with Gasteiger partial charge in [0.05, 0.1) is 15.6 Å². The molecular formula is C16H14ClNO3S. The van der Waals surface area contributed by atoms with Crippen LogP contribution < -0.4 is 5.32 Å². The molecule has 22 heavy (non-hydrogen) atoms. The third-order valence-corrected chi connectivity index (χ3v) is 4.34. The van der Waals surface area contributed by atoms with Gasteiger partial charge in [0, 0.05) is 5.69 Å². The smallest absolute Gasteiger partial charge is 0.292 e. The van der Waals surface area contributed by atoms with E-state index in [1.807, 2.05) is 19.1 Å². The summed E-state index contributed by atoms with van der Waals surface area (Å²) < 4.78 is 0.470. The summed E-state index contributed by atoms with van der Waals surface area (Å²) in [4.78, 5) is 36.1. The molecule has 0 atom stereocenters. The summed E-state index contributed by atoms with van der Waals surface area (Å²) in [6.45, 7) is 1.96. The first-order valence-corrected chi connectivity index (χ1v) is 7.91. The Balaban J connectivity index is 2.00. The highest BCUT2D eigenvalue weighted by Crippen LogP contribution is 2.22. The third-order valence-electron chi connectivity index (χ3n) is 3.07. The van der Waals surface area contributed by atoms with Gasteiger partial charge < -0.3 is 5.32 Å². The van der Waals surface area contributed by atoms with Crippen LogP contribution in [0.3, 0.4) is 0 Å². The summed E-state index contributed by atoms with van der Waals surface area (Å²) >= 11 is 6.84. The average molecular weight is 336 g/mol. The zero-order valence-corrected chi connectivity index (χ0v) is 13.5. The van der Waals surface area contributed by atoms with Crippen LogP contribution in [0.2, 0.25) is 4.34 Å². The summed E-state index contributed by atoms with van der Waals surface area (Å²) in [6.07, 6.45) is 0.272. The lowest BCUT2D eigenvalue weighted by Gasteiger charge is -2.08. The molecule has 0 bridgehead atoms. The van der Waals surface area contributed by atoms with Gasteiger partial charge in [0.25, 0.3) is 5.91 Å². The Hall–Kier alpha value is -1.98. The number of aryl methyl sites for hydroxylation is 1. The summed E-state index contributed by atoms with van der Waals surface area (Å²) in [5.74, 6) is -1.95. The second kappa shape index (κ2) is 7.33. The molecule has 6 heteroatoms. The van der Waals surface area contributed by atoms with Gasteiger partial charge in [0.15, 0.2) is 5.78 Å². The van der Waals surface area contributed by atoms with Gasteiger partial charge in [-0.05, 0) is 30.2 Å². The molecule has 114 valence electrons. The molecule has 0 aliphatic carbocycles. The molecule has 4 nitrogen and oxygen atoms in total. The van der Waals surface area contributed by atoms with E-state index in [2.05, 4.69) is 5.32 Å². The molecule has 0 aliphatic rings. The number of hydrogen-bond donors (Lipinski definition) is 1. The number of rotatable bonds is 6. The fourth-order valence-corrected chi connectivity index (χ4v) is 2.90. The van der Waals surface area contributed by atoms with E-state index < -0.39 is 23.9 Å². The number of anilines is 1. The van der Waals surface area contributed by atoms with Gasteiger partial charge in [-0.2, -0.15) is 0 Å². The minimum atomic E-state index is -0.781. The van der Waals surface area contributed by atoms with Crippen molar-refractivity contribution < 1.29 is 14.4 Å². The van der Waals surface area contributed by atoms with Gasteiger partial charge >= 0.3 is 0 Å². The van der Waals surface area contributed by atoms with Crippen LogP contribution in [0.1, 0.15) is 28.6 Å². The first-order chi connectivity index (χ1) is 10.5. The minimum Gasteiger partial charge on any atom is -0.319 e. The van der Waals surface area contributed by atoms with Crippen molar-refractivity contribution in [2.24, 2.45) is 0 Å². The van der Waals surface area contributed by atoms with E-state index in [0.29, 0.717) is 14.9 Å². The van der Waals surface area contributed by atoms with Crippen LogP contribution >= 0.6 is 22.9 Å². The number of para-hydroxylation sites is 1. The van der Waals surface area contributed by atoms with E-state index in [1.54, 1.807) is 24.3 Å². The number of carbonyl (C=O) groups is 3. The highest BCUT2D eigenvalue weighted by Gasteiger charge is 2.20. The Labute approximate surface area is 137 Å². The Morgan fingerprint density at radius 2 is 1.86 bits per heavy atom. The van der Waals surface area contributed by atoms with E-state index in [-0.39, 0.29) is 0 Å². The van der Waals surface area contributed by atoms with Gasteiger partial charge in [-0.15, -0.1) is 11.3 Å². The summed E-state index contributed by atoms with van der Waals surface area (Å²) in [5.41, 5.74) is 1.52. The van der Waals surface area contributed by atoms with E-state index in [1.165, 1.54) is 0 Å². The van der Waals surface area contributed by atoms with Crippen molar-refractivity contribution in [1.82, 2.24) is 0 Å². The van der Waals surface area contributed by atoms with Crippen molar-refractivity contribution in [2.45, 2.75) is 19.8 Å². The lowest BCUT2D eigenvalue weighted by molar-refractivity contribution is -0.134. The second-order valence-electron chi connectivity index (χ2n) is 4.59. The van der Waals surface area contributed by atoms with Gasteiger partial charge in [0.2, 0.25) is 5.78 Å². The number of Topliss-reactive ketones (excluding diaryl/α,β-unsaturated/α-hetero) is 2. The molecule has 0 radical (unpaired) electrons. The summed E-state index contributed by atoms with van der Waals surface area (Å²) in [5, 5.41) is 2.56. The molecule has 0 unspecified atom stereocenters. The van der Waals surface area contributed by atoms with E-state index in [0.717, 1.165) is 23.3 Å². The molecule has 1 N–H and O–H groups in total. The zero-order chi connectivity index (χ0) is 16.1. The Morgan fingerprint density at radius 3 is 2.50 bits per heavy atom. The molecule has 1 heterocycles. The molecule has 0 aliphatic heterocycles. The molecule has 0 spiro atoms. The van der Waals surface area contributed by atoms with Crippen LogP contribution in [-0.4, -0.2) is 17.5 Å². The Bertz CT molecular complexity index is 724. The van der Waals surface area contributed by atoms with Crippen LogP contribution in [0.15, 0.2) is 36.4 Å². The Kier molecular flexibility index (Phi) is 5.46. The molecular weight excluding hydrogens is 322 g/mol. The lowest BCUT2D eigenvalue weighted by atomic mass is 10.1. The van der Waals surface area contributed by atoms with Gasteiger partial charge in [0.1, 0.15) is 0 Å². The van der Waals surface area contributed by atoms with Crippen LogP contribution in [0, 0.1) is 0 Å².